The highest BCUT2D eigenvalue weighted by atomic mass is 32.1. The summed E-state index contributed by atoms with van der Waals surface area (Å²) in [6, 6.07) is 5.90. The van der Waals surface area contributed by atoms with Crippen LogP contribution in [0.5, 0.6) is 0 Å². The predicted molar refractivity (Wildman–Crippen MR) is 102 cm³/mol. The van der Waals surface area contributed by atoms with E-state index in [2.05, 4.69) is 19.9 Å². The Hall–Kier alpha value is -2.51. The van der Waals surface area contributed by atoms with Gasteiger partial charge in [0.2, 0.25) is 0 Å². The minimum atomic E-state index is 0.684. The van der Waals surface area contributed by atoms with Crippen LogP contribution in [0.1, 0.15) is 17.1 Å². The molecule has 5 nitrogen and oxygen atoms in total. The van der Waals surface area contributed by atoms with Crippen LogP contribution in [0.2, 0.25) is 0 Å². The van der Waals surface area contributed by atoms with Crippen molar-refractivity contribution in [3.05, 3.63) is 53.1 Å². The fourth-order valence-electron chi connectivity index (χ4n) is 2.55. The van der Waals surface area contributed by atoms with Crippen molar-refractivity contribution in [1.82, 2.24) is 24.9 Å². The average molecular weight is 365 g/mol. The standard InChI is InChI=1S/C18H15N5S2/c1-10-7-11(2)21-16(20-10)18-23-14(9-24-18)15-12(3)22-17(25-15)13-5-4-6-19-8-13/h4-9H,1-3H3. The average Bonchev–Trinajstić information content (AvgIpc) is 3.21. The van der Waals surface area contributed by atoms with Crippen LogP contribution in [0.25, 0.3) is 32.0 Å². The molecule has 0 spiro atoms. The Balaban J connectivity index is 1.72. The molecule has 0 aliphatic rings. The SMILES string of the molecule is Cc1cc(C)nc(-c2nc(-c3sc(-c4cccnc4)nc3C)cs2)n1. The fraction of sp³-hybridized carbons (Fsp3) is 0.167. The van der Waals surface area contributed by atoms with Gasteiger partial charge < -0.3 is 0 Å². The van der Waals surface area contributed by atoms with E-state index < -0.39 is 0 Å². The first-order valence-electron chi connectivity index (χ1n) is 7.76. The van der Waals surface area contributed by atoms with Gasteiger partial charge >= 0.3 is 0 Å². The molecule has 0 unspecified atom stereocenters. The lowest BCUT2D eigenvalue weighted by molar-refractivity contribution is 1.06. The topological polar surface area (TPSA) is 64.5 Å². The molecule has 25 heavy (non-hydrogen) atoms. The summed E-state index contributed by atoms with van der Waals surface area (Å²) >= 11 is 3.19. The molecule has 0 fully saturated rings. The molecule has 4 aromatic rings. The third kappa shape index (κ3) is 3.20. The zero-order valence-corrected chi connectivity index (χ0v) is 15.6. The normalized spacial score (nSPS) is 11.0. The van der Waals surface area contributed by atoms with Crippen LogP contribution in [-0.4, -0.2) is 24.9 Å². The molecule has 0 saturated carbocycles. The lowest BCUT2D eigenvalue weighted by Crippen LogP contribution is -1.93. The Morgan fingerprint density at radius 3 is 2.44 bits per heavy atom. The number of hydrogen-bond donors (Lipinski definition) is 0. The highest BCUT2D eigenvalue weighted by Crippen LogP contribution is 2.36. The van der Waals surface area contributed by atoms with Crippen molar-refractivity contribution in [1.29, 1.82) is 0 Å². The molecule has 124 valence electrons. The first kappa shape index (κ1) is 16.0. The molecule has 0 aliphatic heterocycles. The van der Waals surface area contributed by atoms with Gasteiger partial charge in [-0.25, -0.2) is 19.9 Å². The third-order valence-corrected chi connectivity index (χ3v) is 5.68. The predicted octanol–water partition coefficient (Wildman–Crippen LogP) is 4.71. The molecular formula is C18H15N5S2. The summed E-state index contributed by atoms with van der Waals surface area (Å²) in [5.74, 6) is 0.684. The van der Waals surface area contributed by atoms with E-state index in [0.29, 0.717) is 5.82 Å². The molecule has 0 aliphatic carbocycles. The van der Waals surface area contributed by atoms with Gasteiger partial charge in [0.25, 0.3) is 0 Å². The van der Waals surface area contributed by atoms with E-state index in [1.807, 2.05) is 50.5 Å². The van der Waals surface area contributed by atoms with E-state index in [1.165, 1.54) is 0 Å². The van der Waals surface area contributed by atoms with Crippen molar-refractivity contribution < 1.29 is 0 Å². The van der Waals surface area contributed by atoms with Gasteiger partial charge in [0.15, 0.2) is 10.8 Å². The number of aromatic nitrogens is 5. The Labute approximate surface area is 153 Å². The van der Waals surface area contributed by atoms with E-state index in [0.717, 1.165) is 43.2 Å². The smallest absolute Gasteiger partial charge is 0.189 e. The monoisotopic (exact) mass is 365 g/mol. The molecule has 0 saturated heterocycles. The molecule has 0 N–H and O–H groups in total. The van der Waals surface area contributed by atoms with E-state index >= 15 is 0 Å². The largest absolute Gasteiger partial charge is 0.264 e. The Kier molecular flexibility index (Phi) is 4.10. The summed E-state index contributed by atoms with van der Waals surface area (Å²) in [6.45, 7) is 5.96. The van der Waals surface area contributed by atoms with Crippen LogP contribution in [0, 0.1) is 20.8 Å². The highest BCUT2D eigenvalue weighted by molar-refractivity contribution is 7.19. The summed E-state index contributed by atoms with van der Waals surface area (Å²) in [5.41, 5.74) is 4.82. The first-order chi connectivity index (χ1) is 12.1. The maximum absolute atomic E-state index is 4.75. The number of hydrogen-bond acceptors (Lipinski definition) is 7. The third-order valence-electron chi connectivity index (χ3n) is 3.62. The van der Waals surface area contributed by atoms with Crippen LogP contribution in [-0.2, 0) is 0 Å². The van der Waals surface area contributed by atoms with E-state index in [1.54, 1.807) is 28.9 Å². The Morgan fingerprint density at radius 1 is 0.920 bits per heavy atom. The summed E-state index contributed by atoms with van der Waals surface area (Å²) in [4.78, 5) is 23.7. The van der Waals surface area contributed by atoms with Crippen LogP contribution >= 0.6 is 22.7 Å². The van der Waals surface area contributed by atoms with Gasteiger partial charge in [0.05, 0.1) is 16.3 Å². The van der Waals surface area contributed by atoms with Gasteiger partial charge in [-0.15, -0.1) is 22.7 Å². The lowest BCUT2D eigenvalue weighted by atomic mass is 10.3. The van der Waals surface area contributed by atoms with Crippen molar-refractivity contribution >= 4 is 22.7 Å². The van der Waals surface area contributed by atoms with Crippen molar-refractivity contribution in [2.24, 2.45) is 0 Å². The summed E-state index contributed by atoms with van der Waals surface area (Å²) in [7, 11) is 0. The fourth-order valence-corrected chi connectivity index (χ4v) is 4.38. The van der Waals surface area contributed by atoms with Gasteiger partial charge in [-0.1, -0.05) is 0 Å². The second kappa shape index (κ2) is 6.42. The molecule has 7 heteroatoms. The van der Waals surface area contributed by atoms with Crippen LogP contribution in [0.15, 0.2) is 36.0 Å². The lowest BCUT2D eigenvalue weighted by Gasteiger charge is -1.99. The molecular weight excluding hydrogens is 350 g/mol. The van der Waals surface area contributed by atoms with Gasteiger partial charge in [0, 0.05) is 34.7 Å². The van der Waals surface area contributed by atoms with Crippen LogP contribution in [0.3, 0.4) is 0 Å². The molecule has 0 amide bonds. The van der Waals surface area contributed by atoms with E-state index in [9.17, 15) is 0 Å². The minimum absolute atomic E-state index is 0.684. The van der Waals surface area contributed by atoms with Gasteiger partial charge in [-0.3, -0.25) is 4.98 Å². The molecule has 0 bridgehead atoms. The zero-order chi connectivity index (χ0) is 17.4. The second-order valence-corrected chi connectivity index (χ2v) is 7.54. The zero-order valence-electron chi connectivity index (χ0n) is 14.0. The molecule has 0 atom stereocenters. The second-order valence-electron chi connectivity index (χ2n) is 5.69. The number of rotatable bonds is 3. The van der Waals surface area contributed by atoms with Crippen molar-refractivity contribution in [3.8, 4) is 32.0 Å². The van der Waals surface area contributed by atoms with Crippen molar-refractivity contribution in [2.75, 3.05) is 0 Å². The maximum atomic E-state index is 4.75. The number of thiazole rings is 2. The van der Waals surface area contributed by atoms with Gasteiger partial charge in [-0.2, -0.15) is 0 Å². The van der Waals surface area contributed by atoms with Crippen LogP contribution in [0.4, 0.5) is 0 Å². The minimum Gasteiger partial charge on any atom is -0.264 e. The molecule has 4 heterocycles. The van der Waals surface area contributed by atoms with Gasteiger partial charge in [0.1, 0.15) is 5.01 Å². The Bertz CT molecular complexity index is 1020. The summed E-state index contributed by atoms with van der Waals surface area (Å²) in [5, 5.41) is 3.83. The molecule has 4 rings (SSSR count). The summed E-state index contributed by atoms with van der Waals surface area (Å²) in [6.07, 6.45) is 3.60. The van der Waals surface area contributed by atoms with E-state index in [4.69, 9.17) is 4.98 Å². The quantitative estimate of drug-likeness (QED) is 0.526. The molecule has 0 aromatic carbocycles. The van der Waals surface area contributed by atoms with Crippen molar-refractivity contribution in [3.63, 3.8) is 0 Å². The summed E-state index contributed by atoms with van der Waals surface area (Å²) < 4.78 is 0. The highest BCUT2D eigenvalue weighted by Gasteiger charge is 2.16. The first-order valence-corrected chi connectivity index (χ1v) is 9.46. The number of nitrogens with zero attached hydrogens (tertiary/aromatic N) is 5. The maximum Gasteiger partial charge on any atom is 0.189 e. The molecule has 4 aromatic heterocycles. The van der Waals surface area contributed by atoms with E-state index in [-0.39, 0.29) is 0 Å². The van der Waals surface area contributed by atoms with Gasteiger partial charge in [-0.05, 0) is 39.0 Å². The van der Waals surface area contributed by atoms with Crippen LogP contribution < -0.4 is 0 Å². The number of aryl methyl sites for hydroxylation is 3. The molecule has 0 radical (unpaired) electrons. The van der Waals surface area contributed by atoms with Crippen molar-refractivity contribution in [2.45, 2.75) is 20.8 Å². The Morgan fingerprint density at radius 2 is 1.72 bits per heavy atom. The number of pyridine rings is 1.